The van der Waals surface area contributed by atoms with E-state index < -0.39 is 23.8 Å². The zero-order valence-corrected chi connectivity index (χ0v) is 32.1. The molecule has 0 bridgehead atoms. The van der Waals surface area contributed by atoms with Crippen LogP contribution in [-0.4, -0.2) is 50.9 Å². The number of carbonyl (C=O) groups is 4. The number of ketones is 2. The third kappa shape index (κ3) is 9.67. The lowest BCUT2D eigenvalue weighted by Gasteiger charge is -2.29. The van der Waals surface area contributed by atoms with E-state index in [1.807, 2.05) is 72.8 Å². The summed E-state index contributed by atoms with van der Waals surface area (Å²) in [6.07, 6.45) is 4.25. The van der Waals surface area contributed by atoms with Crippen LogP contribution in [-0.2, 0) is 28.7 Å². The SMILES string of the molecule is CCOC(=O)[C@@H]1C(=O)C=C(c2ccc(OC)cc2)C[C@H]1c1ccc(Cl)cc1.CCOC(=O)[C@H]1C(=O)C=C(c2ccc(OC)cc2)C[C@@H]1c1ccc(Cl)cc1. The molecule has 2 aliphatic rings. The van der Waals surface area contributed by atoms with Gasteiger partial charge < -0.3 is 18.9 Å². The van der Waals surface area contributed by atoms with Crippen molar-refractivity contribution >= 4 is 57.9 Å². The van der Waals surface area contributed by atoms with Gasteiger partial charge in [0, 0.05) is 21.9 Å². The standard InChI is InChI=1S/2C22H21ClO4/c2*1-3-27-22(25)21-19(15-4-8-17(23)9-5-15)12-16(13-20(21)24)14-6-10-18(26-2)11-7-14/h2*4-11,13,19,21H,3,12H2,1-2H3/t2*19-,21-/m10/s1. The van der Waals surface area contributed by atoms with E-state index in [9.17, 15) is 19.2 Å². The maximum Gasteiger partial charge on any atom is 0.317 e. The van der Waals surface area contributed by atoms with Gasteiger partial charge in [0.15, 0.2) is 11.6 Å². The van der Waals surface area contributed by atoms with E-state index in [0.29, 0.717) is 22.9 Å². The molecule has 280 valence electrons. The molecule has 8 nitrogen and oxygen atoms in total. The van der Waals surface area contributed by atoms with Gasteiger partial charge in [0.05, 0.1) is 27.4 Å². The van der Waals surface area contributed by atoms with Crippen LogP contribution < -0.4 is 9.47 Å². The number of hydrogen-bond donors (Lipinski definition) is 0. The highest BCUT2D eigenvalue weighted by atomic mass is 35.5. The summed E-state index contributed by atoms with van der Waals surface area (Å²) in [6, 6.07) is 29.6. The number of rotatable bonds is 10. The first-order chi connectivity index (χ1) is 26.1. The van der Waals surface area contributed by atoms with Gasteiger partial charge in [0.1, 0.15) is 23.3 Å². The van der Waals surface area contributed by atoms with Gasteiger partial charge in [-0.15, -0.1) is 0 Å². The Balaban J connectivity index is 0.000000208. The Morgan fingerprint density at radius 2 is 0.889 bits per heavy atom. The molecule has 0 spiro atoms. The Morgan fingerprint density at radius 1 is 0.556 bits per heavy atom. The molecule has 4 aromatic rings. The van der Waals surface area contributed by atoms with Gasteiger partial charge in [0.2, 0.25) is 0 Å². The molecule has 0 aliphatic heterocycles. The van der Waals surface area contributed by atoms with Crippen LogP contribution in [0.3, 0.4) is 0 Å². The Kier molecular flexibility index (Phi) is 13.9. The number of esters is 2. The van der Waals surface area contributed by atoms with E-state index in [-0.39, 0.29) is 36.6 Å². The fraction of sp³-hybridized carbons (Fsp3) is 0.273. The van der Waals surface area contributed by atoms with Crippen LogP contribution in [0.2, 0.25) is 10.0 Å². The van der Waals surface area contributed by atoms with Crippen LogP contribution in [0.1, 0.15) is 60.8 Å². The lowest BCUT2D eigenvalue weighted by molar-refractivity contribution is -0.153. The summed E-state index contributed by atoms with van der Waals surface area (Å²) in [5, 5.41) is 1.22. The minimum Gasteiger partial charge on any atom is -0.497 e. The van der Waals surface area contributed by atoms with Crippen molar-refractivity contribution < 1.29 is 38.1 Å². The maximum atomic E-state index is 12.8. The Morgan fingerprint density at radius 3 is 1.19 bits per heavy atom. The fourth-order valence-electron chi connectivity index (χ4n) is 6.83. The number of benzene rings is 4. The average Bonchev–Trinajstić information content (AvgIpc) is 3.18. The van der Waals surface area contributed by atoms with Crippen molar-refractivity contribution in [2.24, 2.45) is 11.8 Å². The van der Waals surface area contributed by atoms with Gasteiger partial charge in [-0.05, 0) is 121 Å². The molecule has 0 aromatic heterocycles. The number of halogens is 2. The van der Waals surface area contributed by atoms with Crippen LogP contribution in [0.15, 0.2) is 109 Å². The largest absolute Gasteiger partial charge is 0.497 e. The molecule has 54 heavy (non-hydrogen) atoms. The fourth-order valence-corrected chi connectivity index (χ4v) is 7.08. The molecular formula is C44H42Cl2O8. The molecule has 0 saturated heterocycles. The van der Waals surface area contributed by atoms with Gasteiger partial charge in [-0.2, -0.15) is 0 Å². The molecule has 6 rings (SSSR count). The third-order valence-corrected chi connectivity index (χ3v) is 10.0. The predicted octanol–water partition coefficient (Wildman–Crippen LogP) is 9.34. The molecule has 0 fully saturated rings. The molecule has 0 amide bonds. The molecule has 0 heterocycles. The average molecular weight is 770 g/mol. The van der Waals surface area contributed by atoms with E-state index in [1.54, 1.807) is 64.5 Å². The van der Waals surface area contributed by atoms with Gasteiger partial charge in [-0.1, -0.05) is 71.7 Å². The minimum absolute atomic E-state index is 0.231. The number of allylic oxidation sites excluding steroid dienone is 4. The van der Waals surface area contributed by atoms with Crippen molar-refractivity contribution in [2.45, 2.75) is 38.5 Å². The first-order valence-corrected chi connectivity index (χ1v) is 18.4. The zero-order chi connectivity index (χ0) is 38.8. The van der Waals surface area contributed by atoms with E-state index in [1.165, 1.54) is 0 Å². The second-order valence-electron chi connectivity index (χ2n) is 12.8. The summed E-state index contributed by atoms with van der Waals surface area (Å²) < 4.78 is 20.7. The summed E-state index contributed by atoms with van der Waals surface area (Å²) in [7, 11) is 3.22. The zero-order valence-electron chi connectivity index (χ0n) is 30.6. The molecule has 0 radical (unpaired) electrons. The minimum atomic E-state index is -0.840. The summed E-state index contributed by atoms with van der Waals surface area (Å²) in [5.41, 5.74) is 5.44. The van der Waals surface area contributed by atoms with E-state index in [0.717, 1.165) is 44.9 Å². The summed E-state index contributed by atoms with van der Waals surface area (Å²) in [5.74, 6) is -2.19. The second kappa shape index (κ2) is 18.7. The molecule has 10 heteroatoms. The van der Waals surface area contributed by atoms with Crippen molar-refractivity contribution in [3.63, 3.8) is 0 Å². The second-order valence-corrected chi connectivity index (χ2v) is 13.7. The summed E-state index contributed by atoms with van der Waals surface area (Å²) in [6.45, 7) is 3.96. The van der Waals surface area contributed by atoms with Crippen LogP contribution in [0.4, 0.5) is 0 Å². The highest BCUT2D eigenvalue weighted by Gasteiger charge is 2.41. The van der Waals surface area contributed by atoms with E-state index in [2.05, 4.69) is 0 Å². The molecule has 2 aliphatic carbocycles. The normalized spacial score (nSPS) is 19.4. The lowest BCUT2D eigenvalue weighted by Crippen LogP contribution is -2.34. The van der Waals surface area contributed by atoms with Crippen LogP contribution in [0.5, 0.6) is 11.5 Å². The topological polar surface area (TPSA) is 105 Å². The third-order valence-electron chi connectivity index (χ3n) is 9.53. The molecule has 0 N–H and O–H groups in total. The molecular weight excluding hydrogens is 727 g/mol. The lowest BCUT2D eigenvalue weighted by atomic mass is 9.73. The van der Waals surface area contributed by atoms with Crippen molar-refractivity contribution in [3.05, 3.63) is 142 Å². The highest BCUT2D eigenvalue weighted by molar-refractivity contribution is 6.30. The molecule has 0 unspecified atom stereocenters. The molecule has 4 aromatic carbocycles. The van der Waals surface area contributed by atoms with Crippen molar-refractivity contribution in [2.75, 3.05) is 27.4 Å². The Hall–Kier alpha value is -5.18. The molecule has 4 atom stereocenters. The summed E-state index contributed by atoms with van der Waals surface area (Å²) in [4.78, 5) is 50.6. The Labute approximate surface area is 325 Å². The maximum absolute atomic E-state index is 12.8. The van der Waals surface area contributed by atoms with Crippen molar-refractivity contribution in [3.8, 4) is 11.5 Å². The molecule has 0 saturated carbocycles. The number of methoxy groups -OCH3 is 2. The first-order valence-electron chi connectivity index (χ1n) is 17.7. The van der Waals surface area contributed by atoms with Crippen molar-refractivity contribution in [1.29, 1.82) is 0 Å². The van der Waals surface area contributed by atoms with E-state index in [4.69, 9.17) is 42.1 Å². The van der Waals surface area contributed by atoms with Gasteiger partial charge in [-0.3, -0.25) is 19.2 Å². The van der Waals surface area contributed by atoms with Gasteiger partial charge in [-0.25, -0.2) is 0 Å². The Bertz CT molecular complexity index is 1850. The summed E-state index contributed by atoms with van der Waals surface area (Å²) >= 11 is 12.0. The highest BCUT2D eigenvalue weighted by Crippen LogP contribution is 2.42. The number of ether oxygens (including phenoxy) is 4. The van der Waals surface area contributed by atoms with Crippen LogP contribution in [0, 0.1) is 11.8 Å². The number of carbonyl (C=O) groups excluding carboxylic acids is 4. The monoisotopic (exact) mass is 768 g/mol. The smallest absolute Gasteiger partial charge is 0.317 e. The van der Waals surface area contributed by atoms with Crippen molar-refractivity contribution in [1.82, 2.24) is 0 Å². The van der Waals surface area contributed by atoms with Crippen LogP contribution >= 0.6 is 23.2 Å². The van der Waals surface area contributed by atoms with Crippen LogP contribution in [0.25, 0.3) is 11.1 Å². The number of hydrogen-bond acceptors (Lipinski definition) is 8. The van der Waals surface area contributed by atoms with E-state index >= 15 is 0 Å². The predicted molar refractivity (Wildman–Crippen MR) is 210 cm³/mol. The van der Waals surface area contributed by atoms with Gasteiger partial charge >= 0.3 is 11.9 Å². The van der Waals surface area contributed by atoms with Gasteiger partial charge in [0.25, 0.3) is 0 Å². The first kappa shape index (κ1) is 40.0. The quantitative estimate of drug-likeness (QED) is 0.116.